The van der Waals surface area contributed by atoms with E-state index in [9.17, 15) is 4.21 Å². The number of oxazole rings is 1. The Balaban J connectivity index is 2.51. The largest absolute Gasteiger partial charge is 0.448 e. The van der Waals surface area contributed by atoms with Crippen molar-refractivity contribution in [1.82, 2.24) is 9.29 Å². The van der Waals surface area contributed by atoms with Gasteiger partial charge < -0.3 is 4.42 Å². The van der Waals surface area contributed by atoms with Gasteiger partial charge in [0.05, 0.1) is 12.7 Å². The van der Waals surface area contributed by atoms with E-state index in [1.165, 1.54) is 6.26 Å². The molecule has 1 aromatic heterocycles. The highest BCUT2D eigenvalue weighted by molar-refractivity contribution is 7.80. The number of nitrogens with zero attached hydrogens (tertiary/aromatic N) is 2. The van der Waals surface area contributed by atoms with Gasteiger partial charge in [0, 0.05) is 6.54 Å². The molecule has 0 amide bonds. The van der Waals surface area contributed by atoms with Gasteiger partial charge in [-0.25, -0.2) is 18.6 Å². The van der Waals surface area contributed by atoms with E-state index in [0.717, 1.165) is 6.42 Å². The highest BCUT2D eigenvalue weighted by atomic mass is 32.2. The van der Waals surface area contributed by atoms with Crippen molar-refractivity contribution >= 4 is 11.2 Å². The third-order valence-electron chi connectivity index (χ3n) is 1.63. The van der Waals surface area contributed by atoms with Gasteiger partial charge >= 0.3 is 0 Å². The zero-order valence-electron chi connectivity index (χ0n) is 7.76. The molecule has 0 aliphatic heterocycles. The van der Waals surface area contributed by atoms with E-state index in [1.54, 1.807) is 16.6 Å². The van der Waals surface area contributed by atoms with Crippen LogP contribution in [0.25, 0.3) is 0 Å². The standard InChI is InChI=1S/C8H13N3O2S/c1-2-3-5-11(14(9)12)7-8-10-4-6-13-8/h2,4,6H,1,3,5,7,9H2. The molecule has 0 saturated heterocycles. The Morgan fingerprint density at radius 2 is 2.57 bits per heavy atom. The molecule has 0 spiro atoms. The highest BCUT2D eigenvalue weighted by Gasteiger charge is 2.11. The Bertz CT molecular complexity index is 300. The molecule has 2 N–H and O–H groups in total. The van der Waals surface area contributed by atoms with E-state index in [0.29, 0.717) is 19.0 Å². The third kappa shape index (κ3) is 3.41. The van der Waals surface area contributed by atoms with Crippen LogP contribution in [0.4, 0.5) is 0 Å². The van der Waals surface area contributed by atoms with Crippen molar-refractivity contribution in [3.05, 3.63) is 31.0 Å². The molecule has 0 aromatic carbocycles. The number of nitrogens with two attached hydrogens (primary N) is 1. The molecular weight excluding hydrogens is 202 g/mol. The molecule has 14 heavy (non-hydrogen) atoms. The minimum Gasteiger partial charge on any atom is -0.448 e. The molecule has 0 aliphatic rings. The van der Waals surface area contributed by atoms with Crippen molar-refractivity contribution in [1.29, 1.82) is 0 Å². The molecule has 1 atom stereocenters. The summed E-state index contributed by atoms with van der Waals surface area (Å²) in [4.78, 5) is 3.92. The summed E-state index contributed by atoms with van der Waals surface area (Å²) >= 11 is -1.50. The second-order valence-electron chi connectivity index (χ2n) is 2.64. The Kier molecular flexibility index (Phi) is 4.51. The first-order chi connectivity index (χ1) is 6.74. The lowest BCUT2D eigenvalue weighted by atomic mass is 10.4. The smallest absolute Gasteiger partial charge is 0.209 e. The molecule has 0 fully saturated rings. The van der Waals surface area contributed by atoms with Crippen LogP contribution < -0.4 is 5.14 Å². The van der Waals surface area contributed by atoms with E-state index < -0.39 is 11.2 Å². The van der Waals surface area contributed by atoms with E-state index in [-0.39, 0.29) is 0 Å². The van der Waals surface area contributed by atoms with Crippen LogP contribution >= 0.6 is 0 Å². The number of hydrogen-bond donors (Lipinski definition) is 1. The molecule has 0 aliphatic carbocycles. The SMILES string of the molecule is C=CCCN(Cc1ncco1)S(N)=O. The third-order valence-corrected chi connectivity index (χ3v) is 2.45. The summed E-state index contributed by atoms with van der Waals surface area (Å²) in [5, 5.41) is 5.29. The predicted molar refractivity (Wildman–Crippen MR) is 54.1 cm³/mol. The van der Waals surface area contributed by atoms with Gasteiger partial charge in [-0.3, -0.25) is 0 Å². The summed E-state index contributed by atoms with van der Waals surface area (Å²) in [6.07, 6.45) is 5.49. The Morgan fingerprint density at radius 1 is 1.79 bits per heavy atom. The average molecular weight is 215 g/mol. The molecule has 1 rings (SSSR count). The Morgan fingerprint density at radius 3 is 3.07 bits per heavy atom. The van der Waals surface area contributed by atoms with E-state index in [4.69, 9.17) is 9.56 Å². The van der Waals surface area contributed by atoms with Gasteiger partial charge in [0.2, 0.25) is 5.89 Å². The van der Waals surface area contributed by atoms with E-state index in [1.807, 2.05) is 0 Å². The van der Waals surface area contributed by atoms with Crippen LogP contribution in [-0.4, -0.2) is 20.0 Å². The zero-order valence-corrected chi connectivity index (χ0v) is 8.57. The van der Waals surface area contributed by atoms with E-state index in [2.05, 4.69) is 11.6 Å². The monoisotopic (exact) mass is 215 g/mol. The quantitative estimate of drug-likeness (QED) is 0.706. The fraction of sp³-hybridized carbons (Fsp3) is 0.375. The van der Waals surface area contributed by atoms with Crippen molar-refractivity contribution in [2.24, 2.45) is 5.14 Å². The molecule has 0 bridgehead atoms. The summed E-state index contributed by atoms with van der Waals surface area (Å²) in [5.74, 6) is 0.507. The zero-order chi connectivity index (χ0) is 10.4. The lowest BCUT2D eigenvalue weighted by Crippen LogP contribution is -2.31. The van der Waals surface area contributed by atoms with Crippen molar-refractivity contribution in [2.45, 2.75) is 13.0 Å². The minimum atomic E-state index is -1.50. The lowest BCUT2D eigenvalue weighted by molar-refractivity contribution is 0.377. The molecule has 0 saturated carbocycles. The van der Waals surface area contributed by atoms with Crippen molar-refractivity contribution in [2.75, 3.05) is 6.54 Å². The normalized spacial score (nSPS) is 13.0. The molecular formula is C8H13N3O2S. The van der Waals surface area contributed by atoms with Gasteiger partial charge in [-0.1, -0.05) is 6.08 Å². The maximum Gasteiger partial charge on any atom is 0.209 e. The summed E-state index contributed by atoms with van der Waals surface area (Å²) in [7, 11) is 0. The van der Waals surface area contributed by atoms with Crippen LogP contribution in [0.15, 0.2) is 29.5 Å². The van der Waals surface area contributed by atoms with Crippen LogP contribution in [0.2, 0.25) is 0 Å². The van der Waals surface area contributed by atoms with Crippen molar-refractivity contribution < 1.29 is 8.63 Å². The number of hydrogen-bond acceptors (Lipinski definition) is 3. The fourth-order valence-electron chi connectivity index (χ4n) is 0.950. The first kappa shape index (κ1) is 11.1. The van der Waals surface area contributed by atoms with Gasteiger partial charge in [0.15, 0.2) is 11.2 Å². The molecule has 6 heteroatoms. The number of aromatic nitrogens is 1. The van der Waals surface area contributed by atoms with Crippen LogP contribution in [0.5, 0.6) is 0 Å². The van der Waals surface area contributed by atoms with Crippen LogP contribution in [-0.2, 0) is 17.7 Å². The predicted octanol–water partition coefficient (Wildman–Crippen LogP) is 0.590. The van der Waals surface area contributed by atoms with Gasteiger partial charge in [0.25, 0.3) is 0 Å². The molecule has 1 heterocycles. The van der Waals surface area contributed by atoms with Gasteiger partial charge in [-0.15, -0.1) is 6.58 Å². The topological polar surface area (TPSA) is 72.4 Å². The average Bonchev–Trinajstić information content (AvgIpc) is 2.64. The molecule has 1 aromatic rings. The van der Waals surface area contributed by atoms with Crippen LogP contribution in [0.3, 0.4) is 0 Å². The summed E-state index contributed by atoms with van der Waals surface area (Å²) in [5.41, 5.74) is 0. The van der Waals surface area contributed by atoms with Gasteiger partial charge in [0.1, 0.15) is 6.26 Å². The second kappa shape index (κ2) is 5.69. The van der Waals surface area contributed by atoms with E-state index >= 15 is 0 Å². The van der Waals surface area contributed by atoms with Crippen LogP contribution in [0.1, 0.15) is 12.3 Å². The fourth-order valence-corrected chi connectivity index (χ4v) is 1.47. The van der Waals surface area contributed by atoms with Gasteiger partial charge in [-0.05, 0) is 6.42 Å². The minimum absolute atomic E-state index is 0.351. The second-order valence-corrected chi connectivity index (χ2v) is 3.71. The molecule has 78 valence electrons. The van der Waals surface area contributed by atoms with Crippen LogP contribution in [0, 0.1) is 0 Å². The summed E-state index contributed by atoms with van der Waals surface area (Å²) in [6.45, 7) is 4.51. The Hall–Kier alpha value is -0.980. The number of rotatable bonds is 6. The maximum atomic E-state index is 11.1. The van der Waals surface area contributed by atoms with Gasteiger partial charge in [-0.2, -0.15) is 0 Å². The lowest BCUT2D eigenvalue weighted by Gasteiger charge is -2.15. The maximum absolute atomic E-state index is 11.1. The van der Waals surface area contributed by atoms with Crippen molar-refractivity contribution in [3.8, 4) is 0 Å². The Labute approximate surface area is 85.3 Å². The molecule has 0 radical (unpaired) electrons. The molecule has 1 unspecified atom stereocenters. The van der Waals surface area contributed by atoms with Crippen molar-refractivity contribution in [3.63, 3.8) is 0 Å². The molecule has 5 nitrogen and oxygen atoms in total. The summed E-state index contributed by atoms with van der Waals surface area (Å²) in [6, 6.07) is 0. The summed E-state index contributed by atoms with van der Waals surface area (Å²) < 4.78 is 17.7. The highest BCUT2D eigenvalue weighted by Crippen LogP contribution is 2.03. The first-order valence-electron chi connectivity index (χ1n) is 4.14. The first-order valence-corrected chi connectivity index (χ1v) is 5.31.